The van der Waals surface area contributed by atoms with Crippen LogP contribution in [-0.2, 0) is 10.2 Å². The van der Waals surface area contributed by atoms with Crippen molar-refractivity contribution in [2.45, 2.75) is 33.1 Å². The van der Waals surface area contributed by atoms with E-state index >= 15 is 0 Å². The second-order valence-electron chi connectivity index (χ2n) is 7.90. The van der Waals surface area contributed by atoms with Crippen LogP contribution in [0.25, 0.3) is 17.3 Å². The molecule has 0 radical (unpaired) electrons. The number of carbonyl (C=O) groups is 1. The highest BCUT2D eigenvalue weighted by atomic mass is 32.1. The number of aryl methyl sites for hydroxylation is 1. The van der Waals surface area contributed by atoms with Crippen LogP contribution in [0.1, 0.15) is 37.5 Å². The predicted molar refractivity (Wildman–Crippen MR) is 120 cm³/mol. The molecule has 146 valence electrons. The molecule has 3 rings (SSSR count). The third-order valence-electron chi connectivity index (χ3n) is 4.52. The van der Waals surface area contributed by atoms with Crippen LogP contribution in [0.2, 0.25) is 0 Å². The number of benzene rings is 2. The van der Waals surface area contributed by atoms with E-state index in [2.05, 4.69) is 43.2 Å². The van der Waals surface area contributed by atoms with Gasteiger partial charge in [-0.2, -0.15) is 5.26 Å². The Morgan fingerprint density at radius 1 is 1.10 bits per heavy atom. The first-order valence-electron chi connectivity index (χ1n) is 9.32. The van der Waals surface area contributed by atoms with Gasteiger partial charge in [0.25, 0.3) is 5.91 Å². The largest absolute Gasteiger partial charge is 0.297 e. The average molecular weight is 402 g/mol. The molecule has 0 aliphatic rings. The molecule has 0 bridgehead atoms. The van der Waals surface area contributed by atoms with Gasteiger partial charge in [0.15, 0.2) is 5.13 Å². The molecule has 0 aliphatic carbocycles. The van der Waals surface area contributed by atoms with Gasteiger partial charge in [-0.3, -0.25) is 10.1 Å². The van der Waals surface area contributed by atoms with Gasteiger partial charge in [-0.15, -0.1) is 11.3 Å². The number of nitriles is 1. The zero-order valence-corrected chi connectivity index (χ0v) is 17.8. The van der Waals surface area contributed by atoms with Crippen LogP contribution in [0.15, 0.2) is 59.5 Å². The highest BCUT2D eigenvalue weighted by Gasteiger charge is 2.15. The van der Waals surface area contributed by atoms with Gasteiger partial charge in [0.05, 0.1) is 5.69 Å². The van der Waals surface area contributed by atoms with E-state index in [9.17, 15) is 10.1 Å². The van der Waals surface area contributed by atoms with Crippen LogP contribution in [0.3, 0.4) is 0 Å². The average Bonchev–Trinajstić information content (AvgIpc) is 3.15. The van der Waals surface area contributed by atoms with Crippen molar-refractivity contribution in [3.63, 3.8) is 0 Å². The number of aromatic nitrogens is 1. The molecular weight excluding hydrogens is 378 g/mol. The van der Waals surface area contributed by atoms with E-state index in [1.165, 1.54) is 16.9 Å². The summed E-state index contributed by atoms with van der Waals surface area (Å²) in [5.74, 6) is -0.461. The van der Waals surface area contributed by atoms with E-state index in [-0.39, 0.29) is 11.0 Å². The Labute approximate surface area is 175 Å². The number of nitrogens with zero attached hydrogens (tertiary/aromatic N) is 2. The first kappa shape index (κ1) is 20.5. The number of hydrogen-bond donors (Lipinski definition) is 1. The van der Waals surface area contributed by atoms with E-state index in [0.29, 0.717) is 5.13 Å². The summed E-state index contributed by atoms with van der Waals surface area (Å²) in [5, 5.41) is 14.5. The van der Waals surface area contributed by atoms with Crippen molar-refractivity contribution in [3.05, 3.63) is 76.2 Å². The molecule has 3 aromatic rings. The van der Waals surface area contributed by atoms with Crippen LogP contribution < -0.4 is 5.32 Å². The molecule has 4 nitrogen and oxygen atoms in total. The molecule has 0 spiro atoms. The maximum absolute atomic E-state index is 12.5. The summed E-state index contributed by atoms with van der Waals surface area (Å²) < 4.78 is 0. The Balaban J connectivity index is 1.74. The topological polar surface area (TPSA) is 65.8 Å². The second-order valence-corrected chi connectivity index (χ2v) is 8.76. The molecule has 1 aromatic heterocycles. The van der Waals surface area contributed by atoms with E-state index < -0.39 is 5.91 Å². The first-order chi connectivity index (χ1) is 13.8. The number of rotatable bonds is 4. The van der Waals surface area contributed by atoms with Gasteiger partial charge in [-0.05, 0) is 29.5 Å². The number of anilines is 1. The summed E-state index contributed by atoms with van der Waals surface area (Å²) >= 11 is 1.34. The molecule has 2 aromatic carbocycles. The minimum atomic E-state index is -0.461. The minimum Gasteiger partial charge on any atom is -0.297 e. The van der Waals surface area contributed by atoms with Gasteiger partial charge >= 0.3 is 0 Å². The molecule has 0 saturated heterocycles. The normalized spacial score (nSPS) is 11.8. The standard InChI is InChI=1S/C24H23N3OS/c1-16-5-7-17(8-6-16)13-19(14-25)22(28)27-23-26-21(15-29-23)18-9-11-20(12-10-18)24(2,3)4/h5-13,15H,1-4H3,(H,26,27,28)/b19-13+. The van der Waals surface area contributed by atoms with E-state index in [0.717, 1.165) is 22.4 Å². The Morgan fingerprint density at radius 2 is 1.76 bits per heavy atom. The zero-order valence-electron chi connectivity index (χ0n) is 17.0. The summed E-state index contributed by atoms with van der Waals surface area (Å²) in [5.41, 5.74) is 5.11. The molecule has 0 aliphatic heterocycles. The molecular formula is C24H23N3OS. The highest BCUT2D eigenvalue weighted by molar-refractivity contribution is 7.14. The lowest BCUT2D eigenvalue weighted by Crippen LogP contribution is -2.13. The van der Waals surface area contributed by atoms with Crippen LogP contribution in [0, 0.1) is 18.3 Å². The van der Waals surface area contributed by atoms with Gasteiger partial charge in [0.1, 0.15) is 11.6 Å². The zero-order chi connectivity index (χ0) is 21.0. The molecule has 0 fully saturated rings. The van der Waals surface area contributed by atoms with Gasteiger partial charge in [0.2, 0.25) is 0 Å². The van der Waals surface area contributed by atoms with Crippen LogP contribution in [0.4, 0.5) is 5.13 Å². The van der Waals surface area contributed by atoms with Crippen LogP contribution in [-0.4, -0.2) is 10.9 Å². The molecule has 0 saturated carbocycles. The number of hydrogen-bond acceptors (Lipinski definition) is 4. The van der Waals surface area contributed by atoms with Crippen molar-refractivity contribution < 1.29 is 4.79 Å². The summed E-state index contributed by atoms with van der Waals surface area (Å²) in [7, 11) is 0. The number of amides is 1. The lowest BCUT2D eigenvalue weighted by Gasteiger charge is -2.18. The predicted octanol–water partition coefficient (Wildman–Crippen LogP) is 5.96. The molecule has 1 amide bonds. The van der Waals surface area contributed by atoms with Gasteiger partial charge in [-0.25, -0.2) is 4.98 Å². The Hall–Kier alpha value is -3.23. The van der Waals surface area contributed by atoms with Crippen LogP contribution >= 0.6 is 11.3 Å². The Morgan fingerprint density at radius 3 is 2.34 bits per heavy atom. The summed E-state index contributed by atoms with van der Waals surface area (Å²) in [6.45, 7) is 8.52. The highest BCUT2D eigenvalue weighted by Crippen LogP contribution is 2.28. The first-order valence-corrected chi connectivity index (χ1v) is 10.2. The minimum absolute atomic E-state index is 0.0418. The number of thiazole rings is 1. The number of nitrogens with one attached hydrogen (secondary N) is 1. The summed E-state index contributed by atoms with van der Waals surface area (Å²) in [4.78, 5) is 17.0. The van der Waals surface area contributed by atoms with Crippen molar-refractivity contribution in [2.75, 3.05) is 5.32 Å². The molecule has 0 unspecified atom stereocenters. The fourth-order valence-electron chi connectivity index (χ4n) is 2.75. The summed E-state index contributed by atoms with van der Waals surface area (Å²) in [6, 6.07) is 17.9. The van der Waals surface area contributed by atoms with E-state index in [1.54, 1.807) is 6.08 Å². The molecule has 29 heavy (non-hydrogen) atoms. The van der Waals surface area contributed by atoms with E-state index in [4.69, 9.17) is 0 Å². The van der Waals surface area contributed by atoms with Crippen molar-refractivity contribution in [2.24, 2.45) is 0 Å². The lowest BCUT2D eigenvalue weighted by atomic mass is 9.86. The quantitative estimate of drug-likeness (QED) is 0.433. The summed E-state index contributed by atoms with van der Waals surface area (Å²) in [6.07, 6.45) is 1.58. The van der Waals surface area contributed by atoms with E-state index in [1.807, 2.05) is 54.8 Å². The Bertz CT molecular complexity index is 1080. The van der Waals surface area contributed by atoms with Gasteiger partial charge in [-0.1, -0.05) is 74.9 Å². The van der Waals surface area contributed by atoms with Crippen molar-refractivity contribution >= 4 is 28.5 Å². The third-order valence-corrected chi connectivity index (χ3v) is 5.28. The maximum Gasteiger partial charge on any atom is 0.268 e. The van der Waals surface area contributed by atoms with Crippen molar-refractivity contribution in [1.82, 2.24) is 4.98 Å². The number of carbonyl (C=O) groups excluding carboxylic acids is 1. The van der Waals surface area contributed by atoms with Gasteiger partial charge in [0, 0.05) is 10.9 Å². The monoisotopic (exact) mass is 401 g/mol. The molecule has 1 N–H and O–H groups in total. The fraction of sp³-hybridized carbons (Fsp3) is 0.208. The Kier molecular flexibility index (Phi) is 5.95. The van der Waals surface area contributed by atoms with Crippen molar-refractivity contribution in [1.29, 1.82) is 5.26 Å². The maximum atomic E-state index is 12.5. The van der Waals surface area contributed by atoms with Crippen molar-refractivity contribution in [3.8, 4) is 17.3 Å². The fourth-order valence-corrected chi connectivity index (χ4v) is 3.46. The second kappa shape index (κ2) is 8.42. The third kappa shape index (κ3) is 5.18. The SMILES string of the molecule is Cc1ccc(/C=C(\C#N)C(=O)Nc2nc(-c3ccc(C(C)(C)C)cc3)cs2)cc1. The molecule has 5 heteroatoms. The molecule has 0 atom stereocenters. The van der Waals surface area contributed by atoms with Crippen LogP contribution in [0.5, 0.6) is 0 Å². The molecule has 1 heterocycles. The smallest absolute Gasteiger partial charge is 0.268 e. The van der Waals surface area contributed by atoms with Gasteiger partial charge < -0.3 is 0 Å². The lowest BCUT2D eigenvalue weighted by molar-refractivity contribution is -0.112.